The number of nitrogens with two attached hydrogens (primary N) is 2. The van der Waals surface area contributed by atoms with Gasteiger partial charge in [0, 0.05) is 25.4 Å². The van der Waals surface area contributed by atoms with E-state index in [9.17, 15) is 4.79 Å². The van der Waals surface area contributed by atoms with Crippen LogP contribution in [0, 0.1) is 5.92 Å². The van der Waals surface area contributed by atoms with Crippen molar-refractivity contribution in [1.82, 2.24) is 19.9 Å². The second-order valence-electron chi connectivity index (χ2n) is 8.19. The number of carbonyl (C=O) groups is 1. The van der Waals surface area contributed by atoms with Crippen molar-refractivity contribution in [3.05, 3.63) is 34.6 Å². The molecule has 0 bridgehead atoms. The molecule has 0 aliphatic heterocycles. The molecule has 1 aliphatic rings. The Labute approximate surface area is 185 Å². The number of fused-ring (bicyclic) bond motifs is 3. The molecule has 1 unspecified atom stereocenters. The number of hydrogen-bond donors (Lipinski definition) is 3. The van der Waals surface area contributed by atoms with E-state index in [1.165, 1.54) is 16.7 Å². The van der Waals surface area contributed by atoms with Gasteiger partial charge in [-0.25, -0.2) is 15.0 Å². The summed E-state index contributed by atoms with van der Waals surface area (Å²) in [6.45, 7) is 0. The second-order valence-corrected chi connectivity index (χ2v) is 9.27. The van der Waals surface area contributed by atoms with Crippen molar-refractivity contribution in [2.24, 2.45) is 5.92 Å². The van der Waals surface area contributed by atoms with Crippen LogP contribution in [0.4, 0.5) is 17.3 Å². The summed E-state index contributed by atoms with van der Waals surface area (Å²) < 4.78 is 0. The number of rotatable bonds is 7. The van der Waals surface area contributed by atoms with E-state index in [4.69, 9.17) is 11.1 Å². The molecule has 4 rings (SSSR count). The maximum absolute atomic E-state index is 11.8. The van der Waals surface area contributed by atoms with Gasteiger partial charge in [-0.05, 0) is 49.7 Å². The highest BCUT2D eigenvalue weighted by Crippen LogP contribution is 2.41. The second kappa shape index (κ2) is 8.97. The molecule has 5 N–H and O–H groups in total. The minimum absolute atomic E-state index is 0.205. The van der Waals surface area contributed by atoms with Crippen LogP contribution < -0.4 is 16.5 Å². The Hall–Kier alpha value is -3.07. The van der Waals surface area contributed by atoms with Gasteiger partial charge in [-0.1, -0.05) is 0 Å². The molecule has 0 radical (unpaired) electrons. The van der Waals surface area contributed by atoms with Gasteiger partial charge in [0.25, 0.3) is 0 Å². The van der Waals surface area contributed by atoms with Gasteiger partial charge in [0.1, 0.15) is 22.8 Å². The van der Waals surface area contributed by atoms with E-state index in [2.05, 4.69) is 20.3 Å². The summed E-state index contributed by atoms with van der Waals surface area (Å²) in [5.74, 6) is 2.22. The first-order chi connectivity index (χ1) is 15.0. The minimum atomic E-state index is 0.205. The average molecular weight is 439 g/mol. The Morgan fingerprint density at radius 1 is 1.39 bits per heavy atom. The van der Waals surface area contributed by atoms with E-state index in [0.29, 0.717) is 23.8 Å². The fourth-order valence-electron chi connectivity index (χ4n) is 4.10. The smallest absolute Gasteiger partial charge is 0.222 e. The van der Waals surface area contributed by atoms with Crippen molar-refractivity contribution in [2.45, 2.75) is 38.5 Å². The molecular formula is C22H28N7OS+. The zero-order chi connectivity index (χ0) is 22.0. The third-order valence-corrected chi connectivity index (χ3v) is 7.01. The minimum Gasteiger partial charge on any atom is -0.397 e. The maximum atomic E-state index is 11.8. The van der Waals surface area contributed by atoms with Crippen LogP contribution in [0.2, 0.25) is 0 Å². The van der Waals surface area contributed by atoms with Crippen molar-refractivity contribution < 1.29 is 10.2 Å². The fraction of sp³-hybridized carbons (Fsp3) is 0.409. The van der Waals surface area contributed by atoms with Crippen LogP contribution in [0.5, 0.6) is 0 Å². The third-order valence-electron chi connectivity index (χ3n) is 5.84. The summed E-state index contributed by atoms with van der Waals surface area (Å²) in [6, 6.07) is 1.81. The Bertz CT molecular complexity index is 1120. The lowest BCUT2D eigenvalue weighted by atomic mass is 9.84. The molecule has 3 aromatic rings. The number of aryl methyl sites for hydroxylation is 1. The number of nitrogens with one attached hydrogen (secondary N) is 1. The quantitative estimate of drug-likeness (QED) is 0.485. The normalized spacial score (nSPS) is 15.5. The molecule has 1 aliphatic carbocycles. The van der Waals surface area contributed by atoms with Gasteiger partial charge >= 0.3 is 0 Å². The van der Waals surface area contributed by atoms with Gasteiger partial charge in [0.05, 0.1) is 22.8 Å². The van der Waals surface area contributed by atoms with Crippen LogP contribution >= 0.6 is 11.3 Å². The molecule has 1 atom stereocenters. The maximum Gasteiger partial charge on any atom is 0.222 e. The van der Waals surface area contributed by atoms with Gasteiger partial charge in [-0.15, -0.1) is 11.3 Å². The SMILES string of the molecule is CN(C)C(=O)CCCC1CCc2c(sc3ncnc(Nc4cc(C=[NH2+])c(N)cn4)c23)C1. The predicted octanol–water partition coefficient (Wildman–Crippen LogP) is 1.95. The molecule has 162 valence electrons. The Morgan fingerprint density at radius 2 is 2.23 bits per heavy atom. The molecule has 0 saturated carbocycles. The molecule has 0 spiro atoms. The van der Waals surface area contributed by atoms with Gasteiger partial charge in [0.2, 0.25) is 5.91 Å². The largest absolute Gasteiger partial charge is 0.397 e. The number of amides is 1. The van der Waals surface area contributed by atoms with Crippen LogP contribution in [0.3, 0.4) is 0 Å². The Morgan fingerprint density at radius 3 is 3.00 bits per heavy atom. The lowest BCUT2D eigenvalue weighted by Crippen LogP contribution is -2.30. The number of nitrogen functional groups attached to an aromatic ring is 1. The predicted molar refractivity (Wildman–Crippen MR) is 124 cm³/mol. The first-order valence-electron chi connectivity index (χ1n) is 10.5. The Kier molecular flexibility index (Phi) is 6.13. The van der Waals surface area contributed by atoms with Gasteiger partial charge in [-0.3, -0.25) is 10.2 Å². The third kappa shape index (κ3) is 4.51. The monoisotopic (exact) mass is 438 g/mol. The first-order valence-corrected chi connectivity index (χ1v) is 11.3. The summed E-state index contributed by atoms with van der Waals surface area (Å²) in [6.07, 6.45) is 10.5. The topological polar surface area (TPSA) is 123 Å². The number of thiophene rings is 1. The van der Waals surface area contributed by atoms with Crippen molar-refractivity contribution in [2.75, 3.05) is 25.1 Å². The molecule has 31 heavy (non-hydrogen) atoms. The van der Waals surface area contributed by atoms with Crippen LogP contribution in [-0.4, -0.2) is 46.1 Å². The van der Waals surface area contributed by atoms with E-state index < -0.39 is 0 Å². The summed E-state index contributed by atoms with van der Waals surface area (Å²) in [7, 11) is 3.63. The Balaban J connectivity index is 1.52. The van der Waals surface area contributed by atoms with Crippen molar-refractivity contribution in [3.63, 3.8) is 0 Å². The average Bonchev–Trinajstić information content (AvgIpc) is 3.13. The molecule has 1 amide bonds. The lowest BCUT2D eigenvalue weighted by Gasteiger charge is -2.22. The number of anilines is 3. The molecule has 0 aromatic carbocycles. The van der Waals surface area contributed by atoms with E-state index in [1.54, 1.807) is 28.8 Å². The van der Waals surface area contributed by atoms with E-state index in [1.807, 2.05) is 20.2 Å². The molecule has 9 heteroatoms. The van der Waals surface area contributed by atoms with Crippen LogP contribution in [-0.2, 0) is 17.6 Å². The summed E-state index contributed by atoms with van der Waals surface area (Å²) in [5.41, 5.74) is 8.49. The van der Waals surface area contributed by atoms with Gasteiger partial charge in [0.15, 0.2) is 6.21 Å². The summed E-state index contributed by atoms with van der Waals surface area (Å²) in [5, 5.41) is 10.1. The number of aromatic nitrogens is 3. The highest BCUT2D eigenvalue weighted by atomic mass is 32.1. The zero-order valence-electron chi connectivity index (χ0n) is 17.9. The summed E-state index contributed by atoms with van der Waals surface area (Å²) >= 11 is 1.75. The van der Waals surface area contributed by atoms with Gasteiger partial charge < -0.3 is 16.0 Å². The standard InChI is InChI=1S/C22H27N7OS/c1-29(2)19(30)5-3-4-13-6-7-15-17(8-13)31-22-20(15)21(26-12-27-22)28-18-9-14(10-23)16(24)11-25-18/h9-13,23H,3-8,24H2,1-2H3,(H,25,26,27,28)/p+1. The van der Waals surface area contributed by atoms with Crippen molar-refractivity contribution in [1.29, 1.82) is 0 Å². The molecule has 8 nitrogen and oxygen atoms in total. The van der Waals surface area contributed by atoms with Crippen molar-refractivity contribution >= 4 is 51.0 Å². The number of pyridine rings is 1. The molecular weight excluding hydrogens is 410 g/mol. The van der Waals surface area contributed by atoms with Crippen molar-refractivity contribution in [3.8, 4) is 0 Å². The van der Waals surface area contributed by atoms with E-state index in [0.717, 1.165) is 53.7 Å². The van der Waals surface area contributed by atoms with E-state index in [-0.39, 0.29) is 5.91 Å². The highest BCUT2D eigenvalue weighted by Gasteiger charge is 2.25. The molecule has 0 fully saturated rings. The summed E-state index contributed by atoms with van der Waals surface area (Å²) in [4.78, 5) is 29.2. The lowest BCUT2D eigenvalue weighted by molar-refractivity contribution is -0.128. The van der Waals surface area contributed by atoms with Crippen LogP contribution in [0.15, 0.2) is 18.6 Å². The van der Waals surface area contributed by atoms with Gasteiger partial charge in [-0.2, -0.15) is 0 Å². The number of carbonyl (C=O) groups excluding carboxylic acids is 1. The van der Waals surface area contributed by atoms with Crippen LogP contribution in [0.1, 0.15) is 41.7 Å². The zero-order valence-corrected chi connectivity index (χ0v) is 18.7. The molecule has 3 heterocycles. The number of nitrogens with zero attached hydrogens (tertiary/aromatic N) is 4. The van der Waals surface area contributed by atoms with Crippen LogP contribution in [0.25, 0.3) is 10.2 Å². The molecule has 0 saturated heterocycles. The number of hydrogen-bond acceptors (Lipinski definition) is 7. The highest BCUT2D eigenvalue weighted by molar-refractivity contribution is 7.19. The fourth-order valence-corrected chi connectivity index (χ4v) is 5.40. The molecule has 3 aromatic heterocycles. The van der Waals surface area contributed by atoms with E-state index >= 15 is 0 Å². The first kappa shape index (κ1) is 21.2.